The smallest absolute Gasteiger partial charge is 0.0470 e. The molecular weight excluding hydrogens is 236 g/mol. The summed E-state index contributed by atoms with van der Waals surface area (Å²) in [5, 5.41) is 0. The highest BCUT2D eigenvalue weighted by Gasteiger charge is 2.21. The zero-order valence-corrected chi connectivity index (χ0v) is 11.3. The lowest BCUT2D eigenvalue weighted by molar-refractivity contribution is 0.200. The van der Waals surface area contributed by atoms with Crippen molar-refractivity contribution in [2.75, 3.05) is 31.0 Å². The zero-order valence-electron chi connectivity index (χ0n) is 9.65. The van der Waals surface area contributed by atoms with E-state index in [1.165, 1.54) is 28.6 Å². The van der Waals surface area contributed by atoms with E-state index in [1.807, 2.05) is 11.8 Å². The normalized spacial score (nSPS) is 18.7. The summed E-state index contributed by atoms with van der Waals surface area (Å²) in [5.41, 5.74) is 1.56. The largest absolute Gasteiger partial charge is 0.385 e. The fourth-order valence-electron chi connectivity index (χ4n) is 1.90. The molecule has 1 aromatic carbocycles. The molecule has 1 unspecified atom stereocenters. The Balaban J connectivity index is 1.76. The molecule has 1 aromatic rings. The van der Waals surface area contributed by atoms with Crippen molar-refractivity contribution >= 4 is 23.5 Å². The fraction of sp³-hybridized carbons (Fsp3) is 0.538. The molecule has 0 radical (unpaired) electrons. The van der Waals surface area contributed by atoms with E-state index < -0.39 is 0 Å². The third-order valence-corrected chi connectivity index (χ3v) is 5.22. The molecule has 2 rings (SSSR count). The molecule has 0 amide bonds. The maximum atomic E-state index is 5.05. The van der Waals surface area contributed by atoms with E-state index in [0.29, 0.717) is 0 Å². The van der Waals surface area contributed by atoms with Crippen LogP contribution in [0.15, 0.2) is 29.2 Å². The monoisotopic (exact) mass is 254 g/mol. The molecule has 0 aliphatic carbocycles. The Morgan fingerprint density at radius 1 is 1.44 bits per heavy atom. The Morgan fingerprint density at radius 2 is 2.31 bits per heavy atom. The van der Waals surface area contributed by atoms with Crippen LogP contribution in [0.2, 0.25) is 0 Å². The summed E-state index contributed by atoms with van der Waals surface area (Å²) in [5.74, 6) is 4.50. The third kappa shape index (κ3) is 3.19. The second-order valence-electron chi connectivity index (χ2n) is 3.97. The Kier molecular flexibility index (Phi) is 5.07. The summed E-state index contributed by atoms with van der Waals surface area (Å²) in [4.78, 5) is 1.49. The summed E-state index contributed by atoms with van der Waals surface area (Å²) >= 11 is 4.07. The van der Waals surface area contributed by atoms with Gasteiger partial charge in [0.2, 0.25) is 0 Å². The maximum Gasteiger partial charge on any atom is 0.0470 e. The summed E-state index contributed by atoms with van der Waals surface area (Å²) in [6, 6.07) is 8.83. The van der Waals surface area contributed by atoms with Gasteiger partial charge in [0, 0.05) is 36.0 Å². The van der Waals surface area contributed by atoms with Crippen molar-refractivity contribution < 1.29 is 4.74 Å². The molecule has 1 heterocycles. The van der Waals surface area contributed by atoms with Gasteiger partial charge >= 0.3 is 0 Å². The minimum Gasteiger partial charge on any atom is -0.385 e. The van der Waals surface area contributed by atoms with E-state index in [2.05, 4.69) is 36.0 Å². The molecule has 1 aliphatic rings. The van der Waals surface area contributed by atoms with E-state index in [9.17, 15) is 0 Å². The van der Waals surface area contributed by atoms with E-state index in [-0.39, 0.29) is 0 Å². The molecule has 1 aliphatic heterocycles. The molecule has 16 heavy (non-hydrogen) atoms. The lowest BCUT2D eigenvalue weighted by Gasteiger charge is -2.09. The van der Waals surface area contributed by atoms with Crippen LogP contribution in [0.25, 0.3) is 0 Å². The van der Waals surface area contributed by atoms with Crippen LogP contribution >= 0.6 is 23.5 Å². The van der Waals surface area contributed by atoms with Crippen molar-refractivity contribution in [3.63, 3.8) is 0 Å². The molecule has 0 spiro atoms. The average Bonchev–Trinajstić information content (AvgIpc) is 2.73. The van der Waals surface area contributed by atoms with Gasteiger partial charge in [-0.05, 0) is 23.8 Å². The predicted molar refractivity (Wildman–Crippen MR) is 73.7 cm³/mol. The molecule has 0 saturated heterocycles. The lowest BCUT2D eigenvalue weighted by atomic mass is 10.0. The standard InChI is InChI=1S/C13H18OS2/c1-14-7-4-8-15-9-11-10-16-13-6-3-2-5-12(11)13/h2-3,5-6,11H,4,7-10H2,1H3. The van der Waals surface area contributed by atoms with E-state index >= 15 is 0 Å². The summed E-state index contributed by atoms with van der Waals surface area (Å²) < 4.78 is 5.05. The first-order valence-electron chi connectivity index (χ1n) is 5.70. The minimum atomic E-state index is 0.758. The number of methoxy groups -OCH3 is 1. The Hall–Kier alpha value is -0.120. The molecule has 0 aromatic heterocycles. The second-order valence-corrected chi connectivity index (χ2v) is 6.18. The number of rotatable bonds is 6. The number of thioether (sulfide) groups is 2. The molecular formula is C13H18OS2. The Bertz CT molecular complexity index is 327. The van der Waals surface area contributed by atoms with Crippen LogP contribution in [0.5, 0.6) is 0 Å². The predicted octanol–water partition coefficient (Wildman–Crippen LogP) is 3.65. The van der Waals surface area contributed by atoms with Crippen molar-refractivity contribution in [3.05, 3.63) is 29.8 Å². The number of hydrogen-bond acceptors (Lipinski definition) is 3. The summed E-state index contributed by atoms with van der Waals surface area (Å²) in [6.07, 6.45) is 1.17. The average molecular weight is 254 g/mol. The first-order chi connectivity index (χ1) is 7.92. The first kappa shape index (κ1) is 12.3. The number of hydrogen-bond donors (Lipinski definition) is 0. The SMILES string of the molecule is COCCCSCC1CSc2ccccc21. The zero-order chi connectivity index (χ0) is 11.2. The van der Waals surface area contributed by atoms with Crippen LogP contribution in [0.4, 0.5) is 0 Å². The Labute approximate surface area is 106 Å². The van der Waals surface area contributed by atoms with Crippen molar-refractivity contribution in [2.24, 2.45) is 0 Å². The van der Waals surface area contributed by atoms with Gasteiger partial charge in [0.15, 0.2) is 0 Å². The van der Waals surface area contributed by atoms with E-state index in [1.54, 1.807) is 12.7 Å². The molecule has 3 heteroatoms. The number of fused-ring (bicyclic) bond motifs is 1. The number of ether oxygens (including phenoxy) is 1. The van der Waals surface area contributed by atoms with E-state index in [0.717, 1.165) is 12.5 Å². The van der Waals surface area contributed by atoms with Gasteiger partial charge in [0.25, 0.3) is 0 Å². The van der Waals surface area contributed by atoms with Gasteiger partial charge in [0.1, 0.15) is 0 Å². The molecule has 1 atom stereocenters. The van der Waals surface area contributed by atoms with Crippen LogP contribution in [0, 0.1) is 0 Å². The van der Waals surface area contributed by atoms with Crippen LogP contribution < -0.4 is 0 Å². The number of benzene rings is 1. The fourth-order valence-corrected chi connectivity index (χ4v) is 4.37. The molecule has 1 nitrogen and oxygen atoms in total. The van der Waals surface area contributed by atoms with Crippen molar-refractivity contribution in [1.82, 2.24) is 0 Å². The van der Waals surface area contributed by atoms with Crippen LogP contribution in [-0.2, 0) is 4.74 Å². The quantitative estimate of drug-likeness (QED) is 0.717. The Morgan fingerprint density at radius 3 is 3.19 bits per heavy atom. The highest BCUT2D eigenvalue weighted by atomic mass is 32.2. The summed E-state index contributed by atoms with van der Waals surface area (Å²) in [7, 11) is 1.77. The van der Waals surface area contributed by atoms with Crippen molar-refractivity contribution in [1.29, 1.82) is 0 Å². The third-order valence-electron chi connectivity index (χ3n) is 2.76. The van der Waals surface area contributed by atoms with Gasteiger partial charge in [-0.3, -0.25) is 0 Å². The van der Waals surface area contributed by atoms with Gasteiger partial charge < -0.3 is 4.74 Å². The first-order valence-corrected chi connectivity index (χ1v) is 7.84. The van der Waals surface area contributed by atoms with Crippen molar-refractivity contribution in [3.8, 4) is 0 Å². The van der Waals surface area contributed by atoms with E-state index in [4.69, 9.17) is 4.74 Å². The van der Waals surface area contributed by atoms with Gasteiger partial charge in [-0.25, -0.2) is 0 Å². The second kappa shape index (κ2) is 6.58. The lowest BCUT2D eigenvalue weighted by Crippen LogP contribution is -2.01. The van der Waals surface area contributed by atoms with Crippen LogP contribution in [0.1, 0.15) is 17.9 Å². The summed E-state index contributed by atoms with van der Waals surface area (Å²) in [6.45, 7) is 0.892. The van der Waals surface area contributed by atoms with Crippen molar-refractivity contribution in [2.45, 2.75) is 17.2 Å². The molecule has 0 bridgehead atoms. The molecule has 88 valence electrons. The van der Waals surface area contributed by atoms with Gasteiger partial charge in [0.05, 0.1) is 0 Å². The van der Waals surface area contributed by atoms with Crippen LogP contribution in [0.3, 0.4) is 0 Å². The van der Waals surface area contributed by atoms with Gasteiger partial charge in [-0.15, -0.1) is 11.8 Å². The molecule has 0 fully saturated rings. The van der Waals surface area contributed by atoms with Crippen LogP contribution in [-0.4, -0.2) is 31.0 Å². The van der Waals surface area contributed by atoms with Gasteiger partial charge in [-0.2, -0.15) is 11.8 Å². The maximum absolute atomic E-state index is 5.05. The highest BCUT2D eigenvalue weighted by Crippen LogP contribution is 2.40. The molecule has 0 saturated carbocycles. The highest BCUT2D eigenvalue weighted by molar-refractivity contribution is 8.00. The minimum absolute atomic E-state index is 0.758. The molecule has 0 N–H and O–H groups in total. The topological polar surface area (TPSA) is 9.23 Å². The van der Waals surface area contributed by atoms with Gasteiger partial charge in [-0.1, -0.05) is 18.2 Å².